The number of amides is 2. The fraction of sp³-hybridized carbons (Fsp3) is 0.382. The molecule has 0 fully saturated rings. The van der Waals surface area contributed by atoms with Gasteiger partial charge in [0.2, 0.25) is 5.91 Å². The third kappa shape index (κ3) is 7.97. The predicted molar refractivity (Wildman–Crippen MR) is 161 cm³/mol. The standard InChI is InChI=1S/C34H40N2O6/c1-22(41-20-23-12-6-5-7-13-23)30(32(38)39)36-31(37)24(18-34(2,3)4)19-35-33(40)42-21-29-27-16-10-8-14-25(27)26-15-9-11-17-28(26)29/h5-17,22,24,29-30H,18-21H2,1-4H3,(H,35,40)(H,36,37)(H,38,39). The van der Waals surface area contributed by atoms with E-state index in [0.717, 1.165) is 27.8 Å². The third-order valence-corrected chi connectivity index (χ3v) is 7.45. The molecule has 0 aliphatic heterocycles. The van der Waals surface area contributed by atoms with Gasteiger partial charge in [-0.1, -0.05) is 99.6 Å². The summed E-state index contributed by atoms with van der Waals surface area (Å²) in [6.45, 7) is 7.97. The summed E-state index contributed by atoms with van der Waals surface area (Å²) in [6, 6.07) is 24.3. The van der Waals surface area contributed by atoms with Gasteiger partial charge in [-0.3, -0.25) is 4.79 Å². The topological polar surface area (TPSA) is 114 Å². The molecule has 3 unspecified atom stereocenters. The van der Waals surface area contributed by atoms with Crippen LogP contribution in [0.25, 0.3) is 11.1 Å². The van der Waals surface area contributed by atoms with Gasteiger partial charge in [0.1, 0.15) is 6.61 Å². The van der Waals surface area contributed by atoms with Gasteiger partial charge in [0.25, 0.3) is 0 Å². The largest absolute Gasteiger partial charge is 0.480 e. The Labute approximate surface area is 247 Å². The molecule has 42 heavy (non-hydrogen) atoms. The normalized spacial score (nSPS) is 14.7. The Morgan fingerprint density at radius 2 is 1.45 bits per heavy atom. The highest BCUT2D eigenvalue weighted by atomic mass is 16.5. The minimum atomic E-state index is -1.25. The fourth-order valence-electron chi connectivity index (χ4n) is 5.40. The van der Waals surface area contributed by atoms with Crippen molar-refractivity contribution in [1.29, 1.82) is 0 Å². The second-order valence-electron chi connectivity index (χ2n) is 12.0. The van der Waals surface area contributed by atoms with Gasteiger partial charge in [-0.25, -0.2) is 9.59 Å². The Bertz CT molecular complexity index is 1340. The molecule has 0 radical (unpaired) electrons. The van der Waals surface area contributed by atoms with Crippen molar-refractivity contribution < 1.29 is 29.0 Å². The van der Waals surface area contributed by atoms with Gasteiger partial charge < -0.3 is 25.2 Å². The van der Waals surface area contributed by atoms with Gasteiger partial charge in [-0.05, 0) is 46.6 Å². The molecule has 0 aromatic heterocycles. The molecule has 8 nitrogen and oxygen atoms in total. The number of rotatable bonds is 12. The molecule has 0 saturated carbocycles. The highest BCUT2D eigenvalue weighted by Crippen LogP contribution is 2.44. The summed E-state index contributed by atoms with van der Waals surface area (Å²) in [5.41, 5.74) is 5.15. The zero-order valence-corrected chi connectivity index (χ0v) is 24.6. The quantitative estimate of drug-likeness (QED) is 0.255. The Hall–Kier alpha value is -4.17. The molecule has 3 aromatic rings. The maximum Gasteiger partial charge on any atom is 0.407 e. The summed E-state index contributed by atoms with van der Waals surface area (Å²) in [6.07, 6.45) is -0.983. The van der Waals surface area contributed by atoms with E-state index in [4.69, 9.17) is 9.47 Å². The molecular weight excluding hydrogens is 532 g/mol. The summed E-state index contributed by atoms with van der Waals surface area (Å²) in [7, 11) is 0. The zero-order valence-electron chi connectivity index (χ0n) is 24.6. The van der Waals surface area contributed by atoms with Crippen molar-refractivity contribution in [3.8, 4) is 11.1 Å². The van der Waals surface area contributed by atoms with Gasteiger partial charge >= 0.3 is 12.1 Å². The molecule has 1 aliphatic rings. The molecule has 3 atom stereocenters. The number of carbonyl (C=O) groups is 3. The lowest BCUT2D eigenvalue weighted by Gasteiger charge is -2.28. The number of carboxylic acids is 1. The van der Waals surface area contributed by atoms with Crippen LogP contribution in [-0.4, -0.2) is 48.4 Å². The predicted octanol–water partition coefficient (Wildman–Crippen LogP) is 5.75. The van der Waals surface area contributed by atoms with E-state index in [9.17, 15) is 19.5 Å². The van der Waals surface area contributed by atoms with Crippen LogP contribution in [-0.2, 0) is 25.7 Å². The minimum Gasteiger partial charge on any atom is -0.480 e. The van der Waals surface area contributed by atoms with Crippen LogP contribution in [0.2, 0.25) is 0 Å². The molecule has 4 rings (SSSR count). The number of benzene rings is 3. The van der Waals surface area contributed by atoms with Gasteiger partial charge in [0, 0.05) is 12.5 Å². The van der Waals surface area contributed by atoms with Crippen LogP contribution in [0.4, 0.5) is 4.79 Å². The maximum absolute atomic E-state index is 13.3. The van der Waals surface area contributed by atoms with E-state index in [1.807, 2.05) is 87.5 Å². The van der Waals surface area contributed by atoms with Gasteiger partial charge in [-0.2, -0.15) is 0 Å². The lowest BCUT2D eigenvalue weighted by atomic mass is 9.84. The van der Waals surface area contributed by atoms with Crippen molar-refractivity contribution in [1.82, 2.24) is 10.6 Å². The van der Waals surface area contributed by atoms with Crippen LogP contribution in [0, 0.1) is 11.3 Å². The molecule has 3 aromatic carbocycles. The van der Waals surface area contributed by atoms with Crippen molar-refractivity contribution in [2.45, 2.75) is 58.8 Å². The van der Waals surface area contributed by atoms with Crippen molar-refractivity contribution in [2.75, 3.05) is 13.2 Å². The lowest BCUT2D eigenvalue weighted by Crippen LogP contribution is -2.52. The van der Waals surface area contributed by atoms with Crippen molar-refractivity contribution >= 4 is 18.0 Å². The van der Waals surface area contributed by atoms with E-state index >= 15 is 0 Å². The second-order valence-corrected chi connectivity index (χ2v) is 12.0. The number of nitrogens with one attached hydrogen (secondary N) is 2. The summed E-state index contributed by atoms with van der Waals surface area (Å²) in [5, 5.41) is 15.2. The average Bonchev–Trinajstić information content (AvgIpc) is 3.29. The highest BCUT2D eigenvalue weighted by molar-refractivity contribution is 5.86. The molecule has 3 N–H and O–H groups in total. The van der Waals surface area contributed by atoms with Crippen LogP contribution in [0.1, 0.15) is 56.7 Å². The molecule has 8 heteroatoms. The Balaban J connectivity index is 1.35. The molecule has 0 bridgehead atoms. The number of hydrogen-bond acceptors (Lipinski definition) is 5. The van der Waals surface area contributed by atoms with Gasteiger partial charge in [-0.15, -0.1) is 0 Å². The number of fused-ring (bicyclic) bond motifs is 3. The molecule has 0 spiro atoms. The average molecular weight is 573 g/mol. The van der Waals surface area contributed by atoms with Gasteiger partial charge in [0.05, 0.1) is 18.6 Å². The molecular formula is C34H40N2O6. The monoisotopic (exact) mass is 572 g/mol. The smallest absolute Gasteiger partial charge is 0.407 e. The molecule has 1 aliphatic carbocycles. The molecule has 0 heterocycles. The number of carboxylic acid groups (broad SMARTS) is 1. The van der Waals surface area contributed by atoms with Crippen LogP contribution in [0.15, 0.2) is 78.9 Å². The first kappa shape index (κ1) is 30.8. The van der Waals surface area contributed by atoms with Crippen molar-refractivity contribution in [3.63, 3.8) is 0 Å². The first-order chi connectivity index (χ1) is 20.0. The first-order valence-corrected chi connectivity index (χ1v) is 14.3. The van der Waals surface area contributed by atoms with Crippen molar-refractivity contribution in [3.05, 3.63) is 95.6 Å². The first-order valence-electron chi connectivity index (χ1n) is 14.3. The fourth-order valence-corrected chi connectivity index (χ4v) is 5.40. The molecule has 222 valence electrons. The van der Waals surface area contributed by atoms with E-state index in [-0.39, 0.29) is 31.1 Å². The molecule has 2 amide bonds. The van der Waals surface area contributed by atoms with E-state index < -0.39 is 36.0 Å². The third-order valence-electron chi connectivity index (χ3n) is 7.45. The number of ether oxygens (including phenoxy) is 2. The zero-order chi connectivity index (χ0) is 30.3. The van der Waals surface area contributed by atoms with Crippen LogP contribution in [0.3, 0.4) is 0 Å². The maximum atomic E-state index is 13.3. The molecule has 0 saturated heterocycles. The van der Waals surface area contributed by atoms with Gasteiger partial charge in [0.15, 0.2) is 6.04 Å². The van der Waals surface area contributed by atoms with E-state index in [2.05, 4.69) is 22.8 Å². The number of carbonyl (C=O) groups excluding carboxylic acids is 2. The number of aliphatic carboxylic acids is 1. The Kier molecular flexibility index (Phi) is 10.0. The number of hydrogen-bond donors (Lipinski definition) is 3. The minimum absolute atomic E-state index is 0.00533. The van der Waals surface area contributed by atoms with E-state index in [1.54, 1.807) is 6.92 Å². The Morgan fingerprint density at radius 3 is 2.02 bits per heavy atom. The number of alkyl carbamates (subject to hydrolysis) is 1. The van der Waals surface area contributed by atoms with Crippen LogP contribution < -0.4 is 10.6 Å². The van der Waals surface area contributed by atoms with E-state index in [0.29, 0.717) is 6.42 Å². The van der Waals surface area contributed by atoms with E-state index in [1.165, 1.54) is 0 Å². The van der Waals surface area contributed by atoms with Crippen LogP contribution >= 0.6 is 0 Å². The highest BCUT2D eigenvalue weighted by Gasteiger charge is 2.33. The van der Waals surface area contributed by atoms with Crippen molar-refractivity contribution in [2.24, 2.45) is 11.3 Å². The summed E-state index contributed by atoms with van der Waals surface area (Å²) in [5.74, 6) is -2.41. The lowest BCUT2D eigenvalue weighted by molar-refractivity contribution is -0.147. The van der Waals surface area contributed by atoms with Crippen LogP contribution in [0.5, 0.6) is 0 Å². The SMILES string of the molecule is CC(OCc1ccccc1)C(NC(=O)C(CNC(=O)OCC1c2ccccc2-c2ccccc21)CC(C)(C)C)C(=O)O. The summed E-state index contributed by atoms with van der Waals surface area (Å²) in [4.78, 5) is 38.2. The second kappa shape index (κ2) is 13.7. The summed E-state index contributed by atoms with van der Waals surface area (Å²) >= 11 is 0. The Morgan fingerprint density at radius 1 is 0.881 bits per heavy atom. The summed E-state index contributed by atoms with van der Waals surface area (Å²) < 4.78 is 11.4.